The van der Waals surface area contributed by atoms with Crippen molar-refractivity contribution in [3.05, 3.63) is 40.5 Å². The Labute approximate surface area is 109 Å². The summed E-state index contributed by atoms with van der Waals surface area (Å²) in [5.74, 6) is -0.497. The number of benzene rings is 1. The van der Waals surface area contributed by atoms with Crippen molar-refractivity contribution in [3.63, 3.8) is 0 Å². The molecule has 0 atom stereocenters. The summed E-state index contributed by atoms with van der Waals surface area (Å²) in [5.41, 5.74) is 1.04. The molecule has 0 saturated heterocycles. The summed E-state index contributed by atoms with van der Waals surface area (Å²) in [4.78, 5) is 26.4. The van der Waals surface area contributed by atoms with Crippen LogP contribution in [0.2, 0.25) is 5.02 Å². The molecule has 1 aromatic rings. The van der Waals surface area contributed by atoms with E-state index in [0.717, 1.165) is 5.56 Å². The summed E-state index contributed by atoms with van der Waals surface area (Å²) in [5, 5.41) is 5.49. The van der Waals surface area contributed by atoms with Gasteiger partial charge in [-0.1, -0.05) is 23.7 Å². The van der Waals surface area contributed by atoms with Crippen LogP contribution in [0.4, 0.5) is 0 Å². The lowest BCUT2D eigenvalue weighted by atomic mass is 10.2. The molecule has 18 heavy (non-hydrogen) atoms. The van der Waals surface area contributed by atoms with Gasteiger partial charge in [-0.3, -0.25) is 20.2 Å². The van der Waals surface area contributed by atoms with Gasteiger partial charge in [0.2, 0.25) is 11.9 Å². The zero-order valence-electron chi connectivity index (χ0n) is 9.53. The predicted molar refractivity (Wildman–Crippen MR) is 68.8 cm³/mol. The number of nitrogens with one attached hydrogen (secondary N) is 2. The van der Waals surface area contributed by atoms with E-state index in [1.807, 2.05) is 0 Å². The zero-order chi connectivity index (χ0) is 13.1. The first-order chi connectivity index (χ1) is 8.54. The predicted octanol–water partition coefficient (Wildman–Crippen LogP) is 1.30. The average molecular weight is 264 g/mol. The van der Waals surface area contributed by atoms with E-state index >= 15 is 0 Å². The number of carbonyl (C=O) groups excluding carboxylic acids is 2. The minimum absolute atomic E-state index is 0.146. The van der Waals surface area contributed by atoms with Gasteiger partial charge in [0.25, 0.3) is 5.91 Å². The minimum atomic E-state index is -0.353. The highest BCUT2D eigenvalue weighted by molar-refractivity contribution is 6.30. The quantitative estimate of drug-likeness (QED) is 0.750. The number of aliphatic imine (C=N–C) groups is 1. The van der Waals surface area contributed by atoms with Crippen LogP contribution in [-0.4, -0.2) is 17.8 Å². The van der Waals surface area contributed by atoms with Crippen LogP contribution in [0.5, 0.6) is 0 Å². The lowest BCUT2D eigenvalue weighted by Crippen LogP contribution is -2.38. The monoisotopic (exact) mass is 263 g/mol. The topological polar surface area (TPSA) is 70.6 Å². The van der Waals surface area contributed by atoms with Gasteiger partial charge in [-0.15, -0.1) is 0 Å². The molecule has 2 rings (SSSR count). The van der Waals surface area contributed by atoms with Crippen LogP contribution in [-0.2, 0) is 9.59 Å². The van der Waals surface area contributed by atoms with Gasteiger partial charge >= 0.3 is 0 Å². The molecule has 0 bridgehead atoms. The SMILES string of the molecule is CC(=O)NC1=N/C(=C/c2ccc(Cl)cc2)C(=O)N1. The van der Waals surface area contributed by atoms with Gasteiger partial charge in [-0.25, -0.2) is 4.99 Å². The molecule has 1 aromatic carbocycles. The highest BCUT2D eigenvalue weighted by Gasteiger charge is 2.20. The molecule has 6 heteroatoms. The summed E-state index contributed by atoms with van der Waals surface area (Å²) in [6, 6.07) is 6.99. The Morgan fingerprint density at radius 2 is 2.06 bits per heavy atom. The van der Waals surface area contributed by atoms with E-state index in [9.17, 15) is 9.59 Å². The van der Waals surface area contributed by atoms with E-state index in [1.54, 1.807) is 30.3 Å². The molecule has 0 saturated carbocycles. The first-order valence-corrected chi connectivity index (χ1v) is 5.57. The van der Waals surface area contributed by atoms with E-state index < -0.39 is 0 Å². The maximum Gasteiger partial charge on any atom is 0.276 e. The van der Waals surface area contributed by atoms with Crippen LogP contribution in [0.3, 0.4) is 0 Å². The molecule has 2 amide bonds. The highest BCUT2D eigenvalue weighted by Crippen LogP contribution is 2.14. The molecule has 1 heterocycles. The number of guanidine groups is 1. The summed E-state index contributed by atoms with van der Waals surface area (Å²) >= 11 is 5.76. The second-order valence-corrected chi connectivity index (χ2v) is 4.11. The van der Waals surface area contributed by atoms with Crippen molar-refractivity contribution in [1.29, 1.82) is 0 Å². The molecule has 0 spiro atoms. The number of rotatable bonds is 1. The molecule has 0 fully saturated rings. The fraction of sp³-hybridized carbons (Fsp3) is 0.0833. The molecule has 1 aliphatic rings. The summed E-state index contributed by atoms with van der Waals surface area (Å²) in [6.45, 7) is 1.34. The van der Waals surface area contributed by atoms with Crippen LogP contribution in [0.15, 0.2) is 35.0 Å². The van der Waals surface area contributed by atoms with Crippen molar-refractivity contribution in [1.82, 2.24) is 10.6 Å². The summed E-state index contributed by atoms with van der Waals surface area (Å²) in [7, 11) is 0. The van der Waals surface area contributed by atoms with E-state index in [2.05, 4.69) is 15.6 Å². The fourth-order valence-corrected chi connectivity index (χ4v) is 1.54. The molecule has 0 aliphatic carbocycles. The molecular formula is C12H10ClN3O2. The van der Waals surface area contributed by atoms with Gasteiger partial charge in [0.05, 0.1) is 0 Å². The first-order valence-electron chi connectivity index (χ1n) is 5.19. The van der Waals surface area contributed by atoms with Crippen LogP contribution in [0.1, 0.15) is 12.5 Å². The van der Waals surface area contributed by atoms with E-state index in [1.165, 1.54) is 6.92 Å². The molecule has 1 aliphatic heterocycles. The number of hydrogen-bond acceptors (Lipinski definition) is 3. The van der Waals surface area contributed by atoms with E-state index in [4.69, 9.17) is 11.6 Å². The van der Waals surface area contributed by atoms with Gasteiger partial charge in [0.1, 0.15) is 5.70 Å². The van der Waals surface area contributed by atoms with Gasteiger partial charge in [0.15, 0.2) is 0 Å². The Kier molecular flexibility index (Phi) is 3.43. The number of amides is 2. The van der Waals surface area contributed by atoms with Crippen LogP contribution < -0.4 is 10.6 Å². The van der Waals surface area contributed by atoms with Crippen LogP contribution in [0, 0.1) is 0 Å². The number of hydrogen-bond donors (Lipinski definition) is 2. The maximum absolute atomic E-state index is 11.6. The first kappa shape index (κ1) is 12.3. The number of halogens is 1. The normalized spacial score (nSPS) is 16.4. The molecular weight excluding hydrogens is 254 g/mol. The summed E-state index contributed by atoms with van der Waals surface area (Å²) in [6.07, 6.45) is 1.61. The second kappa shape index (κ2) is 5.01. The van der Waals surface area contributed by atoms with Gasteiger partial charge in [0, 0.05) is 11.9 Å². The zero-order valence-corrected chi connectivity index (χ0v) is 10.3. The fourth-order valence-electron chi connectivity index (χ4n) is 1.41. The van der Waals surface area contributed by atoms with E-state index in [-0.39, 0.29) is 23.5 Å². The highest BCUT2D eigenvalue weighted by atomic mass is 35.5. The Hall–Kier alpha value is -2.14. The Balaban J connectivity index is 2.22. The van der Waals surface area contributed by atoms with Crippen LogP contribution in [0.25, 0.3) is 6.08 Å². The van der Waals surface area contributed by atoms with Crippen molar-refractivity contribution in [3.8, 4) is 0 Å². The van der Waals surface area contributed by atoms with Crippen molar-refractivity contribution >= 4 is 35.5 Å². The third-order valence-corrected chi connectivity index (χ3v) is 2.42. The van der Waals surface area contributed by atoms with Gasteiger partial charge < -0.3 is 0 Å². The third kappa shape index (κ3) is 2.95. The van der Waals surface area contributed by atoms with Gasteiger partial charge in [-0.2, -0.15) is 0 Å². The average Bonchev–Trinajstić information content (AvgIpc) is 2.61. The number of carbonyl (C=O) groups is 2. The molecule has 2 N–H and O–H groups in total. The van der Waals surface area contributed by atoms with Gasteiger partial charge in [-0.05, 0) is 23.8 Å². The Morgan fingerprint density at radius 1 is 1.39 bits per heavy atom. The Morgan fingerprint density at radius 3 is 2.67 bits per heavy atom. The smallest absolute Gasteiger partial charge is 0.276 e. The molecule has 0 unspecified atom stereocenters. The third-order valence-electron chi connectivity index (χ3n) is 2.16. The van der Waals surface area contributed by atoms with E-state index in [0.29, 0.717) is 5.02 Å². The minimum Gasteiger partial charge on any atom is -0.296 e. The molecule has 0 radical (unpaired) electrons. The molecule has 5 nitrogen and oxygen atoms in total. The Bertz CT molecular complexity index is 561. The molecule has 92 valence electrons. The van der Waals surface area contributed by atoms with Crippen molar-refractivity contribution in [2.24, 2.45) is 4.99 Å². The largest absolute Gasteiger partial charge is 0.296 e. The maximum atomic E-state index is 11.6. The molecule has 0 aromatic heterocycles. The van der Waals surface area contributed by atoms with Crippen molar-refractivity contribution in [2.75, 3.05) is 0 Å². The summed E-state index contributed by atoms with van der Waals surface area (Å²) < 4.78 is 0. The van der Waals surface area contributed by atoms with Crippen LogP contribution >= 0.6 is 11.6 Å². The standard InChI is InChI=1S/C12H10ClN3O2/c1-7(17)14-12-15-10(11(18)16-12)6-8-2-4-9(13)5-3-8/h2-6H,1H3,(H2,14,15,16,17,18)/b10-6+. The lowest BCUT2D eigenvalue weighted by Gasteiger charge is -1.97. The van der Waals surface area contributed by atoms with Crippen molar-refractivity contribution in [2.45, 2.75) is 6.92 Å². The number of nitrogens with zero attached hydrogens (tertiary/aromatic N) is 1. The lowest BCUT2D eigenvalue weighted by molar-refractivity contribution is -0.117. The second-order valence-electron chi connectivity index (χ2n) is 3.68. The van der Waals surface area contributed by atoms with Crippen molar-refractivity contribution < 1.29 is 9.59 Å².